The molecule has 0 aromatic heterocycles. The Kier molecular flexibility index (Phi) is 4.59. The van der Waals surface area contributed by atoms with E-state index in [0.29, 0.717) is 24.8 Å². The van der Waals surface area contributed by atoms with Gasteiger partial charge in [0.1, 0.15) is 11.7 Å². The summed E-state index contributed by atoms with van der Waals surface area (Å²) in [4.78, 5) is 35.1. The molecule has 0 N–H and O–H groups in total. The highest BCUT2D eigenvalue weighted by Crippen LogP contribution is 2.23. The highest BCUT2D eigenvalue weighted by atomic mass is 16.2. The maximum absolute atomic E-state index is 12.0. The summed E-state index contributed by atoms with van der Waals surface area (Å²) in [5.74, 6) is -1.85. The molecule has 0 aliphatic heterocycles. The van der Waals surface area contributed by atoms with Crippen LogP contribution < -0.4 is 0 Å². The lowest BCUT2D eigenvalue weighted by molar-refractivity contribution is -0.137. The molecule has 1 unspecified atom stereocenters. The van der Waals surface area contributed by atoms with Gasteiger partial charge in [0, 0.05) is 6.42 Å². The lowest BCUT2D eigenvalue weighted by Gasteiger charge is -2.11. The summed E-state index contributed by atoms with van der Waals surface area (Å²) >= 11 is 0. The first-order valence-electron chi connectivity index (χ1n) is 5.84. The van der Waals surface area contributed by atoms with Crippen molar-refractivity contribution >= 4 is 17.3 Å². The Morgan fingerprint density at radius 3 is 2.50 bits per heavy atom. The van der Waals surface area contributed by atoms with Crippen molar-refractivity contribution in [3.8, 4) is 0 Å². The van der Waals surface area contributed by atoms with E-state index in [1.807, 2.05) is 13.0 Å². The van der Waals surface area contributed by atoms with Crippen molar-refractivity contribution in [2.75, 3.05) is 0 Å². The Morgan fingerprint density at radius 2 is 2.06 bits per heavy atom. The first-order valence-corrected chi connectivity index (χ1v) is 5.84. The standard InChI is InChI=1S/C13H18O3/c1-3-6-11(15)12(9(2)14)13(16)10-7-4-5-8-10/h7,12H,3-6,8H2,1-2H3. The highest BCUT2D eigenvalue weighted by molar-refractivity contribution is 6.23. The van der Waals surface area contributed by atoms with Crippen LogP contribution in [-0.4, -0.2) is 17.3 Å². The Hall–Kier alpha value is -1.25. The number of hydrogen-bond acceptors (Lipinski definition) is 3. The molecule has 88 valence electrons. The number of carbonyl (C=O) groups excluding carboxylic acids is 3. The van der Waals surface area contributed by atoms with Crippen LogP contribution in [0.2, 0.25) is 0 Å². The van der Waals surface area contributed by atoms with Gasteiger partial charge >= 0.3 is 0 Å². The van der Waals surface area contributed by atoms with Crippen molar-refractivity contribution in [2.24, 2.45) is 5.92 Å². The van der Waals surface area contributed by atoms with E-state index in [2.05, 4.69) is 0 Å². The van der Waals surface area contributed by atoms with Gasteiger partial charge in [-0.2, -0.15) is 0 Å². The molecule has 0 aromatic rings. The first-order chi connectivity index (χ1) is 7.57. The normalized spacial score (nSPS) is 16.8. The van der Waals surface area contributed by atoms with Crippen LogP contribution in [0.1, 0.15) is 46.0 Å². The second-order valence-corrected chi connectivity index (χ2v) is 4.25. The monoisotopic (exact) mass is 222 g/mol. The van der Waals surface area contributed by atoms with Crippen molar-refractivity contribution < 1.29 is 14.4 Å². The van der Waals surface area contributed by atoms with Gasteiger partial charge in [0.15, 0.2) is 11.6 Å². The van der Waals surface area contributed by atoms with Crippen molar-refractivity contribution in [1.82, 2.24) is 0 Å². The number of hydrogen-bond donors (Lipinski definition) is 0. The van der Waals surface area contributed by atoms with Crippen molar-refractivity contribution in [2.45, 2.75) is 46.0 Å². The largest absolute Gasteiger partial charge is 0.299 e. The van der Waals surface area contributed by atoms with Gasteiger partial charge in [-0.3, -0.25) is 14.4 Å². The van der Waals surface area contributed by atoms with E-state index in [4.69, 9.17) is 0 Å². The molecule has 0 aromatic carbocycles. The Bertz CT molecular complexity index is 339. The van der Waals surface area contributed by atoms with Crippen LogP contribution in [0.3, 0.4) is 0 Å². The molecule has 16 heavy (non-hydrogen) atoms. The van der Waals surface area contributed by atoms with Crippen molar-refractivity contribution in [3.63, 3.8) is 0 Å². The van der Waals surface area contributed by atoms with Crippen LogP contribution in [-0.2, 0) is 14.4 Å². The van der Waals surface area contributed by atoms with Crippen LogP contribution in [0.5, 0.6) is 0 Å². The molecule has 0 radical (unpaired) electrons. The van der Waals surface area contributed by atoms with E-state index in [0.717, 1.165) is 12.8 Å². The second kappa shape index (κ2) is 5.73. The minimum Gasteiger partial charge on any atom is -0.299 e. The maximum atomic E-state index is 12.0. The average Bonchev–Trinajstić information content (AvgIpc) is 2.70. The van der Waals surface area contributed by atoms with E-state index < -0.39 is 5.92 Å². The molecule has 3 heteroatoms. The summed E-state index contributed by atoms with van der Waals surface area (Å²) in [6.45, 7) is 3.19. The fourth-order valence-corrected chi connectivity index (χ4v) is 2.03. The topological polar surface area (TPSA) is 51.2 Å². The number of rotatable bonds is 6. The van der Waals surface area contributed by atoms with Crippen molar-refractivity contribution in [3.05, 3.63) is 11.6 Å². The van der Waals surface area contributed by atoms with E-state index in [1.165, 1.54) is 6.92 Å². The van der Waals surface area contributed by atoms with Gasteiger partial charge in [-0.05, 0) is 38.2 Å². The van der Waals surface area contributed by atoms with Gasteiger partial charge in [0.05, 0.1) is 0 Å². The van der Waals surface area contributed by atoms with Gasteiger partial charge in [0.25, 0.3) is 0 Å². The molecule has 0 saturated carbocycles. The van der Waals surface area contributed by atoms with Gasteiger partial charge in [-0.1, -0.05) is 13.0 Å². The lowest BCUT2D eigenvalue weighted by Crippen LogP contribution is -2.31. The van der Waals surface area contributed by atoms with Gasteiger partial charge < -0.3 is 0 Å². The third kappa shape index (κ3) is 2.87. The molecule has 0 amide bonds. The number of allylic oxidation sites excluding steroid dienone is 2. The molecule has 0 heterocycles. The summed E-state index contributed by atoms with van der Waals surface area (Å²) in [7, 11) is 0. The fourth-order valence-electron chi connectivity index (χ4n) is 2.03. The molecule has 3 nitrogen and oxygen atoms in total. The predicted molar refractivity (Wildman–Crippen MR) is 61.0 cm³/mol. The fraction of sp³-hybridized carbons (Fsp3) is 0.615. The van der Waals surface area contributed by atoms with Crippen LogP contribution in [0.25, 0.3) is 0 Å². The van der Waals surface area contributed by atoms with Gasteiger partial charge in [-0.25, -0.2) is 0 Å². The zero-order chi connectivity index (χ0) is 12.1. The minimum absolute atomic E-state index is 0.229. The number of Topliss-reactive ketones (excluding diaryl/α,β-unsaturated/α-hetero) is 3. The maximum Gasteiger partial charge on any atom is 0.176 e. The molecular weight excluding hydrogens is 204 g/mol. The molecule has 1 aliphatic carbocycles. The summed E-state index contributed by atoms with van der Waals surface area (Å²) in [5.41, 5.74) is 0.671. The molecule has 0 spiro atoms. The third-order valence-corrected chi connectivity index (χ3v) is 2.84. The summed E-state index contributed by atoms with van der Waals surface area (Å²) < 4.78 is 0. The highest BCUT2D eigenvalue weighted by Gasteiger charge is 2.32. The average molecular weight is 222 g/mol. The van der Waals surface area contributed by atoms with Crippen LogP contribution in [0.4, 0.5) is 0 Å². The van der Waals surface area contributed by atoms with Gasteiger partial charge in [-0.15, -0.1) is 0 Å². The Morgan fingerprint density at radius 1 is 1.38 bits per heavy atom. The van der Waals surface area contributed by atoms with Crippen molar-refractivity contribution in [1.29, 1.82) is 0 Å². The number of carbonyl (C=O) groups is 3. The molecular formula is C13H18O3. The summed E-state index contributed by atoms with van der Waals surface area (Å²) in [6, 6.07) is 0. The zero-order valence-corrected chi connectivity index (χ0v) is 9.91. The van der Waals surface area contributed by atoms with E-state index >= 15 is 0 Å². The van der Waals surface area contributed by atoms with E-state index in [1.54, 1.807) is 0 Å². The second-order valence-electron chi connectivity index (χ2n) is 4.25. The summed E-state index contributed by atoms with van der Waals surface area (Å²) in [6.07, 6.45) is 5.39. The van der Waals surface area contributed by atoms with Crippen LogP contribution in [0.15, 0.2) is 11.6 Å². The minimum atomic E-state index is -1.04. The Balaban J connectivity index is 2.81. The molecule has 0 bridgehead atoms. The quantitative estimate of drug-likeness (QED) is 0.647. The van der Waals surface area contributed by atoms with Gasteiger partial charge in [0.2, 0.25) is 0 Å². The molecule has 0 fully saturated rings. The zero-order valence-electron chi connectivity index (χ0n) is 9.91. The SMILES string of the molecule is CCCC(=O)C(C(C)=O)C(=O)C1=CCCC1. The third-order valence-electron chi connectivity index (χ3n) is 2.84. The molecule has 1 rings (SSSR count). The molecule has 1 atom stereocenters. The summed E-state index contributed by atoms with van der Waals surface area (Å²) in [5, 5.41) is 0. The van der Waals surface area contributed by atoms with E-state index in [9.17, 15) is 14.4 Å². The molecule has 1 aliphatic rings. The predicted octanol–water partition coefficient (Wildman–Crippen LogP) is 2.24. The molecule has 0 saturated heterocycles. The Labute approximate surface area is 95.9 Å². The van der Waals surface area contributed by atoms with Crippen LogP contribution >= 0.6 is 0 Å². The lowest BCUT2D eigenvalue weighted by atomic mass is 9.88. The van der Waals surface area contributed by atoms with E-state index in [-0.39, 0.29) is 17.3 Å². The van der Waals surface area contributed by atoms with Crippen LogP contribution in [0, 0.1) is 5.92 Å². The smallest absolute Gasteiger partial charge is 0.176 e. The number of ketones is 3. The first kappa shape index (κ1) is 12.8.